The smallest absolute Gasteiger partial charge is 0.0737 e. The van der Waals surface area contributed by atoms with Crippen LogP contribution in [0.3, 0.4) is 0 Å². The third-order valence-corrected chi connectivity index (χ3v) is 2.38. The zero-order chi connectivity index (χ0) is 10.6. The third kappa shape index (κ3) is 4.43. The Kier molecular flexibility index (Phi) is 4.90. The number of hydrogen-bond donors (Lipinski definition) is 0. The van der Waals surface area contributed by atoms with E-state index in [2.05, 4.69) is 39.0 Å². The van der Waals surface area contributed by atoms with Gasteiger partial charge in [0.05, 0.1) is 12.2 Å². The summed E-state index contributed by atoms with van der Waals surface area (Å²) in [4.78, 5) is 2.51. The molecular formula is C12H24NO. The highest BCUT2D eigenvalue weighted by atomic mass is 16.5. The third-order valence-electron chi connectivity index (χ3n) is 2.38. The summed E-state index contributed by atoms with van der Waals surface area (Å²) in [5.74, 6) is 0.757. The molecule has 1 unspecified atom stereocenters. The number of nitrogens with zero attached hydrogens (tertiary/aromatic N) is 1. The molecule has 1 saturated heterocycles. The molecule has 0 amide bonds. The highest BCUT2D eigenvalue weighted by Gasteiger charge is 2.21. The summed E-state index contributed by atoms with van der Waals surface area (Å²) in [6, 6.07) is 0. The Balaban J connectivity index is 2.28. The number of ether oxygens (including phenoxy) is 1. The molecule has 0 N–H and O–H groups in total. The van der Waals surface area contributed by atoms with Crippen LogP contribution in [0, 0.1) is 12.3 Å². The lowest BCUT2D eigenvalue weighted by atomic mass is 10.1. The summed E-state index contributed by atoms with van der Waals surface area (Å²) in [5.41, 5.74) is 0. The molecule has 14 heavy (non-hydrogen) atoms. The summed E-state index contributed by atoms with van der Waals surface area (Å²) in [6.45, 7) is 12.2. The fraction of sp³-hybridized carbons (Fsp3) is 0.917. The van der Waals surface area contributed by atoms with E-state index < -0.39 is 0 Å². The van der Waals surface area contributed by atoms with Crippen LogP contribution >= 0.6 is 0 Å². The summed E-state index contributed by atoms with van der Waals surface area (Å²) in [6.07, 6.45) is 4.18. The minimum absolute atomic E-state index is 0.343. The monoisotopic (exact) mass is 198 g/mol. The molecule has 1 rings (SSSR count). The average Bonchev–Trinajstić information content (AvgIpc) is 2.01. The molecule has 0 aliphatic carbocycles. The predicted octanol–water partition coefficient (Wildman–Crippen LogP) is 2.35. The molecule has 1 atom stereocenters. The van der Waals surface area contributed by atoms with Gasteiger partial charge in [-0.05, 0) is 39.2 Å². The van der Waals surface area contributed by atoms with Crippen molar-refractivity contribution >= 4 is 0 Å². The van der Waals surface area contributed by atoms with Gasteiger partial charge in [-0.25, -0.2) is 0 Å². The number of hydrogen-bond acceptors (Lipinski definition) is 2. The Morgan fingerprint density at radius 1 is 1.36 bits per heavy atom. The minimum Gasteiger partial charge on any atom is -0.374 e. The maximum atomic E-state index is 5.81. The molecule has 1 fully saturated rings. The first-order valence-electron chi connectivity index (χ1n) is 5.79. The predicted molar refractivity (Wildman–Crippen MR) is 60.2 cm³/mol. The Labute approximate surface area is 88.6 Å². The molecule has 1 radical (unpaired) electrons. The van der Waals surface area contributed by atoms with Crippen molar-refractivity contribution in [2.75, 3.05) is 19.6 Å². The molecule has 0 spiro atoms. The van der Waals surface area contributed by atoms with Gasteiger partial charge in [0.2, 0.25) is 0 Å². The topological polar surface area (TPSA) is 12.5 Å². The van der Waals surface area contributed by atoms with Gasteiger partial charge in [-0.3, -0.25) is 0 Å². The van der Waals surface area contributed by atoms with Gasteiger partial charge in [-0.1, -0.05) is 13.8 Å². The van der Waals surface area contributed by atoms with Gasteiger partial charge in [0, 0.05) is 13.1 Å². The summed E-state index contributed by atoms with van der Waals surface area (Å²) in [5, 5.41) is 0. The molecule has 0 aromatic heterocycles. The second kappa shape index (κ2) is 5.72. The largest absolute Gasteiger partial charge is 0.374 e. The van der Waals surface area contributed by atoms with E-state index >= 15 is 0 Å². The van der Waals surface area contributed by atoms with E-state index in [1.807, 2.05) is 0 Å². The van der Waals surface area contributed by atoms with E-state index in [4.69, 9.17) is 4.74 Å². The van der Waals surface area contributed by atoms with Crippen molar-refractivity contribution in [3.8, 4) is 0 Å². The molecular weight excluding hydrogens is 174 g/mol. The van der Waals surface area contributed by atoms with Crippen LogP contribution in [0.25, 0.3) is 0 Å². The molecule has 2 nitrogen and oxygen atoms in total. The highest BCUT2D eigenvalue weighted by molar-refractivity contribution is 4.87. The zero-order valence-electron chi connectivity index (χ0n) is 9.99. The Morgan fingerprint density at radius 2 is 2.07 bits per heavy atom. The van der Waals surface area contributed by atoms with E-state index in [0.717, 1.165) is 12.5 Å². The molecule has 1 aliphatic rings. The van der Waals surface area contributed by atoms with Crippen LogP contribution in [-0.4, -0.2) is 36.7 Å². The minimum atomic E-state index is 0.343. The molecule has 0 bridgehead atoms. The van der Waals surface area contributed by atoms with Crippen molar-refractivity contribution < 1.29 is 4.74 Å². The summed E-state index contributed by atoms with van der Waals surface area (Å²) >= 11 is 0. The van der Waals surface area contributed by atoms with Crippen LogP contribution in [0.1, 0.15) is 34.1 Å². The van der Waals surface area contributed by atoms with Crippen LogP contribution in [0.4, 0.5) is 0 Å². The normalized spacial score (nSPS) is 24.9. The summed E-state index contributed by atoms with van der Waals surface area (Å²) < 4.78 is 5.81. The van der Waals surface area contributed by atoms with Crippen molar-refractivity contribution in [3.63, 3.8) is 0 Å². The van der Waals surface area contributed by atoms with E-state index in [9.17, 15) is 0 Å². The first-order chi connectivity index (χ1) is 6.58. The Bertz CT molecular complexity index is 140. The quantitative estimate of drug-likeness (QED) is 0.687. The molecule has 1 aliphatic heterocycles. The van der Waals surface area contributed by atoms with Crippen molar-refractivity contribution in [3.05, 3.63) is 6.42 Å². The molecule has 0 saturated carbocycles. The number of rotatable bonds is 4. The van der Waals surface area contributed by atoms with Crippen LogP contribution < -0.4 is 0 Å². The van der Waals surface area contributed by atoms with Crippen molar-refractivity contribution in [2.45, 2.75) is 46.3 Å². The van der Waals surface area contributed by atoms with Crippen LogP contribution in [0.5, 0.6) is 0 Å². The first-order valence-corrected chi connectivity index (χ1v) is 5.79. The maximum absolute atomic E-state index is 5.81. The second-order valence-electron chi connectivity index (χ2n) is 4.90. The van der Waals surface area contributed by atoms with Gasteiger partial charge in [0.25, 0.3) is 0 Å². The zero-order valence-corrected chi connectivity index (χ0v) is 9.99. The Morgan fingerprint density at radius 3 is 2.64 bits per heavy atom. The standard InChI is InChI=1S/C12H24NO/c1-10(2)8-13-7-5-6-12(9-13)14-11(3)4/h6,10-12H,5,7-9H2,1-4H3. The van der Waals surface area contributed by atoms with Crippen LogP contribution in [0.2, 0.25) is 0 Å². The van der Waals surface area contributed by atoms with E-state index in [1.54, 1.807) is 0 Å². The lowest BCUT2D eigenvalue weighted by molar-refractivity contribution is -0.00935. The van der Waals surface area contributed by atoms with Gasteiger partial charge in [-0.2, -0.15) is 0 Å². The van der Waals surface area contributed by atoms with Crippen LogP contribution in [0.15, 0.2) is 0 Å². The fourth-order valence-electron chi connectivity index (χ4n) is 1.99. The Hall–Kier alpha value is -0.0800. The molecule has 0 aromatic carbocycles. The first kappa shape index (κ1) is 12.0. The maximum Gasteiger partial charge on any atom is 0.0737 e. The number of likely N-dealkylation sites (tertiary alicyclic amines) is 1. The summed E-state index contributed by atoms with van der Waals surface area (Å²) in [7, 11) is 0. The van der Waals surface area contributed by atoms with Gasteiger partial charge in [0.15, 0.2) is 0 Å². The number of piperidine rings is 1. The van der Waals surface area contributed by atoms with E-state index in [0.29, 0.717) is 12.2 Å². The van der Waals surface area contributed by atoms with Crippen molar-refractivity contribution in [1.29, 1.82) is 0 Å². The van der Waals surface area contributed by atoms with Gasteiger partial charge in [-0.15, -0.1) is 0 Å². The molecule has 2 heteroatoms. The SMILES string of the molecule is CC(C)CN1CC[CH]C(OC(C)C)C1. The molecule has 0 aromatic rings. The average molecular weight is 198 g/mol. The second-order valence-corrected chi connectivity index (χ2v) is 4.90. The van der Waals surface area contributed by atoms with Gasteiger partial charge < -0.3 is 9.64 Å². The molecule has 1 heterocycles. The lowest BCUT2D eigenvalue weighted by Gasteiger charge is -2.34. The van der Waals surface area contributed by atoms with E-state index in [1.165, 1.54) is 19.5 Å². The molecule has 83 valence electrons. The lowest BCUT2D eigenvalue weighted by Crippen LogP contribution is -2.42. The highest BCUT2D eigenvalue weighted by Crippen LogP contribution is 2.14. The van der Waals surface area contributed by atoms with E-state index in [-0.39, 0.29) is 0 Å². The fourth-order valence-corrected chi connectivity index (χ4v) is 1.99. The van der Waals surface area contributed by atoms with Crippen LogP contribution in [-0.2, 0) is 4.74 Å². The van der Waals surface area contributed by atoms with Gasteiger partial charge >= 0.3 is 0 Å². The van der Waals surface area contributed by atoms with Crippen molar-refractivity contribution in [2.24, 2.45) is 5.92 Å². The van der Waals surface area contributed by atoms with Crippen molar-refractivity contribution in [1.82, 2.24) is 4.90 Å². The van der Waals surface area contributed by atoms with Gasteiger partial charge in [0.1, 0.15) is 0 Å².